The van der Waals surface area contributed by atoms with Crippen LogP contribution in [0.1, 0.15) is 140 Å². The summed E-state index contributed by atoms with van der Waals surface area (Å²) in [5.41, 5.74) is -0.501. The quantitative estimate of drug-likeness (QED) is 0.130. The molecule has 5 saturated carbocycles. The second kappa shape index (κ2) is 15.7. The van der Waals surface area contributed by atoms with Crippen molar-refractivity contribution in [1.29, 1.82) is 0 Å². The molecule has 6 aliphatic rings. The SMILES string of the molecule is COC(=O)[C@]12CC[C@@H](C(C)C)[C@@H]1[C@H]1CC[C@@H]3[C@@]4(C)CC[C@H](O[C@@H]5O[C@H](COC(C)=O)[C@@H](OC(C)=O)[C@H](OC(C)=O)[C@H]5OC(C)=O)C(C)(C)[C@@H]4CC[C@@]3(C)[C@]1(C)CC2. The molecule has 0 radical (unpaired) electrons. The van der Waals surface area contributed by atoms with Crippen LogP contribution >= 0.6 is 0 Å². The molecule has 322 valence electrons. The number of fused-ring (bicyclic) bond motifs is 7. The number of hydrogen-bond acceptors (Lipinski definition) is 12. The van der Waals surface area contributed by atoms with E-state index in [1.54, 1.807) is 7.11 Å². The molecule has 0 bridgehead atoms. The van der Waals surface area contributed by atoms with Crippen LogP contribution in [-0.2, 0) is 57.1 Å². The van der Waals surface area contributed by atoms with E-state index in [9.17, 15) is 24.0 Å². The zero-order valence-corrected chi connectivity index (χ0v) is 36.6. The van der Waals surface area contributed by atoms with Crippen molar-refractivity contribution in [2.75, 3.05) is 13.7 Å². The van der Waals surface area contributed by atoms with Crippen LogP contribution in [0.5, 0.6) is 0 Å². The smallest absolute Gasteiger partial charge is 0.312 e. The number of carbonyl (C=O) groups is 5. The maximum absolute atomic E-state index is 13.7. The number of hydrogen-bond donors (Lipinski definition) is 0. The molecule has 6 rings (SSSR count). The number of rotatable bonds is 9. The van der Waals surface area contributed by atoms with Gasteiger partial charge in [0.25, 0.3) is 0 Å². The monoisotopic (exact) mass is 802 g/mol. The average Bonchev–Trinajstić information content (AvgIpc) is 3.52. The molecule has 6 fully saturated rings. The van der Waals surface area contributed by atoms with Crippen LogP contribution in [0.3, 0.4) is 0 Å². The summed E-state index contributed by atoms with van der Waals surface area (Å²) in [6.07, 6.45) is 3.64. The lowest BCUT2D eigenvalue weighted by Gasteiger charge is -2.73. The van der Waals surface area contributed by atoms with Gasteiger partial charge in [-0.05, 0) is 121 Å². The van der Waals surface area contributed by atoms with Crippen LogP contribution in [0, 0.1) is 62.6 Å². The molecule has 12 heteroatoms. The zero-order valence-electron chi connectivity index (χ0n) is 36.6. The van der Waals surface area contributed by atoms with Crippen LogP contribution in [0.2, 0.25) is 0 Å². The van der Waals surface area contributed by atoms with Crippen molar-refractivity contribution in [3.63, 3.8) is 0 Å². The minimum Gasteiger partial charge on any atom is -0.469 e. The molecule has 1 heterocycles. The lowest BCUT2D eigenvalue weighted by molar-refractivity contribution is -0.335. The fourth-order valence-electron chi connectivity index (χ4n) is 14.6. The summed E-state index contributed by atoms with van der Waals surface area (Å²) in [6.45, 7) is 21.5. The molecule has 5 aliphatic carbocycles. The standard InChI is InChI=1S/C45H70O12/c1-24(2)29-15-20-45(40(50)51-12)22-21-43(10)30(35(29)45)13-14-33-42(9)18-17-34(41(7,8)32(42)16-19-44(33,43)11)57-39-38(55-28(6)49)37(54-27(5)48)36(53-26(4)47)31(56-39)23-52-25(3)46/h24,29-39H,13-23H2,1-12H3/t29-,30+,31+,32-,33+,34-,35+,36+,37-,38+,39-,42-,43+,44+,45-/m0/s1. The van der Waals surface area contributed by atoms with Crippen LogP contribution in [0.25, 0.3) is 0 Å². The third-order valence-electron chi connectivity index (χ3n) is 17.1. The van der Waals surface area contributed by atoms with Crippen molar-refractivity contribution in [3.05, 3.63) is 0 Å². The largest absolute Gasteiger partial charge is 0.469 e. The highest BCUT2D eigenvalue weighted by Gasteiger charge is 2.72. The van der Waals surface area contributed by atoms with Crippen molar-refractivity contribution in [2.24, 2.45) is 62.6 Å². The van der Waals surface area contributed by atoms with E-state index in [1.165, 1.54) is 27.7 Å². The Morgan fingerprint density at radius 3 is 1.89 bits per heavy atom. The predicted molar refractivity (Wildman–Crippen MR) is 208 cm³/mol. The lowest BCUT2D eigenvalue weighted by Crippen LogP contribution is -2.68. The zero-order chi connectivity index (χ0) is 42.0. The Hall–Kier alpha value is -2.73. The van der Waals surface area contributed by atoms with Gasteiger partial charge in [-0.1, -0.05) is 48.5 Å². The minimum absolute atomic E-state index is 0.0115. The molecule has 0 amide bonds. The Labute approximate surface area is 339 Å². The van der Waals surface area contributed by atoms with E-state index in [4.69, 9.17) is 33.2 Å². The molecule has 0 N–H and O–H groups in total. The summed E-state index contributed by atoms with van der Waals surface area (Å²) in [4.78, 5) is 62.9. The predicted octanol–water partition coefficient (Wildman–Crippen LogP) is 7.37. The number of ether oxygens (including phenoxy) is 7. The Morgan fingerprint density at radius 2 is 1.30 bits per heavy atom. The summed E-state index contributed by atoms with van der Waals surface area (Å²) in [5.74, 6) is 0.0828. The topological polar surface area (TPSA) is 150 Å². The molecule has 0 unspecified atom stereocenters. The van der Waals surface area contributed by atoms with Gasteiger partial charge in [-0.25, -0.2) is 0 Å². The van der Waals surface area contributed by atoms with Crippen molar-refractivity contribution in [1.82, 2.24) is 0 Å². The molecule has 0 spiro atoms. The van der Waals surface area contributed by atoms with Gasteiger partial charge in [-0.3, -0.25) is 24.0 Å². The molecule has 57 heavy (non-hydrogen) atoms. The van der Waals surface area contributed by atoms with Crippen LogP contribution < -0.4 is 0 Å². The normalized spacial score (nSPS) is 44.6. The average molecular weight is 803 g/mol. The van der Waals surface area contributed by atoms with Crippen molar-refractivity contribution in [3.8, 4) is 0 Å². The van der Waals surface area contributed by atoms with Crippen LogP contribution in [0.15, 0.2) is 0 Å². The maximum Gasteiger partial charge on any atom is 0.312 e. The van der Waals surface area contributed by atoms with Crippen molar-refractivity contribution < 1.29 is 57.1 Å². The Balaban J connectivity index is 1.29. The van der Waals surface area contributed by atoms with E-state index >= 15 is 0 Å². The molecule has 0 aromatic heterocycles. The van der Waals surface area contributed by atoms with E-state index in [-0.39, 0.29) is 45.8 Å². The van der Waals surface area contributed by atoms with E-state index in [0.717, 1.165) is 64.2 Å². The molecule has 0 aromatic carbocycles. The van der Waals surface area contributed by atoms with Crippen molar-refractivity contribution >= 4 is 29.8 Å². The first-order chi connectivity index (χ1) is 26.6. The Bertz CT molecular complexity index is 1570. The van der Waals surface area contributed by atoms with Crippen molar-refractivity contribution in [2.45, 2.75) is 177 Å². The van der Waals surface area contributed by atoms with Gasteiger partial charge in [-0.2, -0.15) is 0 Å². The second-order valence-electron chi connectivity index (χ2n) is 20.3. The van der Waals surface area contributed by atoms with Gasteiger partial charge in [-0.15, -0.1) is 0 Å². The third kappa shape index (κ3) is 7.22. The minimum atomic E-state index is -1.28. The van der Waals surface area contributed by atoms with Gasteiger partial charge < -0.3 is 33.2 Å². The highest BCUT2D eigenvalue weighted by Crippen LogP contribution is 2.77. The molecule has 15 atom stereocenters. The summed E-state index contributed by atoms with van der Waals surface area (Å²) in [5, 5.41) is 0. The molecular formula is C45H70O12. The maximum atomic E-state index is 13.7. The molecule has 0 aromatic rings. The summed E-state index contributed by atoms with van der Waals surface area (Å²) >= 11 is 0. The second-order valence-corrected chi connectivity index (χ2v) is 20.3. The van der Waals surface area contributed by atoms with Gasteiger partial charge in [0, 0.05) is 27.7 Å². The molecule has 12 nitrogen and oxygen atoms in total. The first-order valence-electron chi connectivity index (χ1n) is 21.6. The molecular weight excluding hydrogens is 732 g/mol. The van der Waals surface area contributed by atoms with Gasteiger partial charge in [0.1, 0.15) is 12.7 Å². The summed E-state index contributed by atoms with van der Waals surface area (Å²) in [7, 11) is 1.57. The van der Waals surface area contributed by atoms with Gasteiger partial charge in [0.05, 0.1) is 18.6 Å². The number of methoxy groups -OCH3 is 1. The van der Waals surface area contributed by atoms with Gasteiger partial charge in [0.15, 0.2) is 24.6 Å². The Morgan fingerprint density at radius 1 is 0.667 bits per heavy atom. The highest BCUT2D eigenvalue weighted by atomic mass is 16.7. The van der Waals surface area contributed by atoms with Gasteiger partial charge in [0.2, 0.25) is 0 Å². The summed E-state index contributed by atoms with van der Waals surface area (Å²) < 4.78 is 41.3. The first kappa shape index (κ1) is 43.8. The molecule has 1 aliphatic heterocycles. The number of carbonyl (C=O) groups excluding carboxylic acids is 5. The van der Waals surface area contributed by atoms with E-state index in [0.29, 0.717) is 35.5 Å². The Kier molecular flexibility index (Phi) is 12.1. The van der Waals surface area contributed by atoms with E-state index < -0.39 is 54.6 Å². The highest BCUT2D eigenvalue weighted by molar-refractivity contribution is 5.78. The first-order valence-corrected chi connectivity index (χ1v) is 21.6. The lowest BCUT2D eigenvalue weighted by atomic mass is 9.32. The fourth-order valence-corrected chi connectivity index (χ4v) is 14.6. The van der Waals surface area contributed by atoms with Crippen LogP contribution in [0.4, 0.5) is 0 Å². The van der Waals surface area contributed by atoms with E-state index in [1.807, 2.05) is 0 Å². The van der Waals surface area contributed by atoms with Gasteiger partial charge >= 0.3 is 29.8 Å². The molecule has 1 saturated heterocycles. The summed E-state index contributed by atoms with van der Waals surface area (Å²) in [6, 6.07) is 0. The van der Waals surface area contributed by atoms with Crippen LogP contribution in [-0.4, -0.2) is 80.4 Å². The fraction of sp³-hybridized carbons (Fsp3) is 0.889. The number of esters is 5. The van der Waals surface area contributed by atoms with E-state index in [2.05, 4.69) is 48.5 Å². The third-order valence-corrected chi connectivity index (χ3v) is 17.1.